The summed E-state index contributed by atoms with van der Waals surface area (Å²) in [5, 5.41) is 10.7. The highest BCUT2D eigenvalue weighted by Crippen LogP contribution is 2.46. The molecule has 3 rings (SSSR count). The average Bonchev–Trinajstić information content (AvgIpc) is 3.21. The monoisotopic (exact) mass is 380 g/mol. The van der Waals surface area contributed by atoms with Gasteiger partial charge in [0.1, 0.15) is 0 Å². The average molecular weight is 380 g/mol. The van der Waals surface area contributed by atoms with Crippen molar-refractivity contribution in [1.82, 2.24) is 9.55 Å². The number of terminal acetylenes is 1. The first-order valence-electron chi connectivity index (χ1n) is 9.29. The molecule has 1 aliphatic carbocycles. The van der Waals surface area contributed by atoms with Crippen LogP contribution < -0.4 is 11.2 Å². The van der Waals surface area contributed by atoms with Gasteiger partial charge in [-0.3, -0.25) is 14.3 Å². The van der Waals surface area contributed by atoms with Crippen LogP contribution in [0.1, 0.15) is 73.0 Å². The number of aromatic nitrogens is 2. The molecule has 3 unspecified atom stereocenters. The highest BCUT2D eigenvalue weighted by atomic mass is 16.7. The maximum absolute atomic E-state index is 12.2. The summed E-state index contributed by atoms with van der Waals surface area (Å²) in [6.07, 6.45) is 9.81. The molecule has 2 N–H and O–H groups in total. The van der Waals surface area contributed by atoms with Crippen LogP contribution in [0, 0.1) is 12.3 Å². The van der Waals surface area contributed by atoms with Gasteiger partial charge < -0.3 is 14.6 Å². The number of ether oxygens (including phenoxy) is 2. The maximum atomic E-state index is 12.2. The van der Waals surface area contributed by atoms with Crippen molar-refractivity contribution < 1.29 is 14.6 Å². The van der Waals surface area contributed by atoms with Crippen LogP contribution in [0.25, 0.3) is 0 Å². The van der Waals surface area contributed by atoms with E-state index in [9.17, 15) is 14.7 Å². The Balaban J connectivity index is 0.00000118. The molecule has 1 aromatic rings. The van der Waals surface area contributed by atoms with Gasteiger partial charge in [0.15, 0.2) is 17.6 Å². The van der Waals surface area contributed by atoms with E-state index in [1.807, 2.05) is 20.8 Å². The van der Waals surface area contributed by atoms with Gasteiger partial charge in [0, 0.05) is 31.5 Å². The van der Waals surface area contributed by atoms with Crippen molar-refractivity contribution in [3.8, 4) is 12.3 Å². The van der Waals surface area contributed by atoms with Gasteiger partial charge in [-0.05, 0) is 19.3 Å². The Morgan fingerprint density at radius 3 is 2.56 bits per heavy atom. The third-order valence-corrected chi connectivity index (χ3v) is 4.81. The Kier molecular flexibility index (Phi) is 8.03. The Bertz CT molecular complexity index is 757. The van der Waals surface area contributed by atoms with Crippen LogP contribution in [0.15, 0.2) is 21.9 Å². The van der Waals surface area contributed by atoms with Gasteiger partial charge in [-0.15, -0.1) is 6.42 Å². The van der Waals surface area contributed by atoms with Crippen LogP contribution in [-0.2, 0) is 9.47 Å². The topological polar surface area (TPSA) is 93.5 Å². The molecule has 2 heterocycles. The van der Waals surface area contributed by atoms with Gasteiger partial charge >= 0.3 is 5.69 Å². The molecule has 1 saturated heterocycles. The quantitative estimate of drug-likeness (QED) is 0.618. The number of rotatable bonds is 4. The summed E-state index contributed by atoms with van der Waals surface area (Å²) < 4.78 is 13.2. The molecule has 1 aromatic heterocycles. The van der Waals surface area contributed by atoms with Crippen molar-refractivity contribution in [3.05, 3.63) is 33.1 Å². The fourth-order valence-corrected chi connectivity index (χ4v) is 3.54. The van der Waals surface area contributed by atoms with E-state index in [0.717, 1.165) is 12.8 Å². The summed E-state index contributed by atoms with van der Waals surface area (Å²) in [6.45, 7) is 5.95. The van der Waals surface area contributed by atoms with E-state index in [2.05, 4.69) is 10.9 Å². The first kappa shape index (κ1) is 23.2. The minimum absolute atomic E-state index is 0. The smallest absolute Gasteiger partial charge is 0.330 e. The second-order valence-corrected chi connectivity index (χ2v) is 6.53. The molecule has 1 saturated carbocycles. The fraction of sp³-hybridized carbons (Fsp3) is 0.700. The normalized spacial score (nSPS) is 28.6. The Morgan fingerprint density at radius 2 is 2.04 bits per heavy atom. The van der Waals surface area contributed by atoms with E-state index in [0.29, 0.717) is 25.7 Å². The van der Waals surface area contributed by atoms with E-state index in [-0.39, 0.29) is 13.5 Å². The second-order valence-electron chi connectivity index (χ2n) is 6.53. The molecule has 2 aliphatic rings. The van der Waals surface area contributed by atoms with Crippen LogP contribution in [0.3, 0.4) is 0 Å². The molecule has 1 aliphatic heterocycles. The highest BCUT2D eigenvalue weighted by molar-refractivity contribution is 5.17. The van der Waals surface area contributed by atoms with E-state index in [1.165, 1.54) is 16.8 Å². The Morgan fingerprint density at radius 1 is 1.41 bits per heavy atom. The Hall–Kier alpha value is -1.88. The largest absolute Gasteiger partial charge is 0.365 e. The number of aliphatic hydroxyl groups is 1. The molecule has 0 aromatic carbocycles. The summed E-state index contributed by atoms with van der Waals surface area (Å²) in [5.41, 5.74) is -2.38. The van der Waals surface area contributed by atoms with Gasteiger partial charge in [0.05, 0.1) is 6.10 Å². The molecule has 7 heteroatoms. The molecule has 3 atom stereocenters. The molecule has 2 fully saturated rings. The van der Waals surface area contributed by atoms with Crippen LogP contribution >= 0.6 is 0 Å². The zero-order valence-corrected chi connectivity index (χ0v) is 15.7. The van der Waals surface area contributed by atoms with Crippen LogP contribution in [0.5, 0.6) is 0 Å². The lowest BCUT2D eigenvalue weighted by Gasteiger charge is -2.36. The number of aromatic amines is 1. The van der Waals surface area contributed by atoms with E-state index < -0.39 is 28.9 Å². The van der Waals surface area contributed by atoms with E-state index >= 15 is 0 Å². The molecule has 0 bridgehead atoms. The van der Waals surface area contributed by atoms with Crippen LogP contribution in [-0.4, -0.2) is 32.1 Å². The second kappa shape index (κ2) is 9.36. The molecule has 0 spiro atoms. The number of nitrogens with one attached hydrogen (secondary N) is 1. The van der Waals surface area contributed by atoms with Gasteiger partial charge in [-0.1, -0.05) is 34.1 Å². The van der Waals surface area contributed by atoms with Crippen molar-refractivity contribution in [2.24, 2.45) is 0 Å². The molecule has 27 heavy (non-hydrogen) atoms. The van der Waals surface area contributed by atoms with Crippen molar-refractivity contribution in [2.75, 3.05) is 0 Å². The maximum Gasteiger partial charge on any atom is 0.330 e. The van der Waals surface area contributed by atoms with Crippen LogP contribution in [0.4, 0.5) is 0 Å². The predicted octanol–water partition coefficient (Wildman–Crippen LogP) is 2.55. The third kappa shape index (κ3) is 4.70. The van der Waals surface area contributed by atoms with Gasteiger partial charge in [0.2, 0.25) is 0 Å². The summed E-state index contributed by atoms with van der Waals surface area (Å²) in [4.78, 5) is 25.7. The lowest BCUT2D eigenvalue weighted by molar-refractivity contribution is -0.263. The van der Waals surface area contributed by atoms with Gasteiger partial charge in [-0.2, -0.15) is 0 Å². The summed E-state index contributed by atoms with van der Waals surface area (Å²) in [7, 11) is 0. The van der Waals surface area contributed by atoms with E-state index in [1.54, 1.807) is 0 Å². The summed E-state index contributed by atoms with van der Waals surface area (Å²) in [6, 6.07) is 1.23. The summed E-state index contributed by atoms with van der Waals surface area (Å²) >= 11 is 0. The minimum Gasteiger partial charge on any atom is -0.365 e. The highest BCUT2D eigenvalue weighted by Gasteiger charge is 2.54. The number of hydrogen-bond acceptors (Lipinski definition) is 5. The summed E-state index contributed by atoms with van der Waals surface area (Å²) in [5.74, 6) is 1.32. The van der Waals surface area contributed by atoms with E-state index in [4.69, 9.17) is 15.9 Å². The van der Waals surface area contributed by atoms with Gasteiger partial charge in [0.25, 0.3) is 5.56 Å². The molecular weight excluding hydrogens is 348 g/mol. The molecule has 152 valence electrons. The lowest BCUT2D eigenvalue weighted by Crippen LogP contribution is -2.48. The fourth-order valence-electron chi connectivity index (χ4n) is 3.54. The zero-order chi connectivity index (χ0) is 19.4. The minimum atomic E-state index is -1.30. The third-order valence-electron chi connectivity index (χ3n) is 4.81. The molecule has 0 amide bonds. The lowest BCUT2D eigenvalue weighted by atomic mass is 9.96. The SMILES string of the molecule is C.C#CC1(OC2(O)CCCC2)CC(CC)OC1n1ccc(=O)[nH]c1=O.CC. The molecular formula is C20H32N2O5. The molecule has 0 radical (unpaired) electrons. The van der Waals surface area contributed by atoms with Crippen molar-refractivity contribution in [2.45, 2.75) is 90.4 Å². The van der Waals surface area contributed by atoms with Crippen molar-refractivity contribution >= 4 is 0 Å². The number of nitrogens with zero attached hydrogens (tertiary/aromatic N) is 1. The van der Waals surface area contributed by atoms with Crippen molar-refractivity contribution in [1.29, 1.82) is 0 Å². The number of H-pyrrole nitrogens is 1. The zero-order valence-electron chi connectivity index (χ0n) is 15.7. The van der Waals surface area contributed by atoms with Crippen LogP contribution in [0.2, 0.25) is 0 Å². The van der Waals surface area contributed by atoms with Crippen molar-refractivity contribution in [3.63, 3.8) is 0 Å². The predicted molar refractivity (Wildman–Crippen MR) is 104 cm³/mol. The molecule has 7 nitrogen and oxygen atoms in total. The first-order valence-corrected chi connectivity index (χ1v) is 9.29. The number of hydrogen-bond donors (Lipinski definition) is 2. The van der Waals surface area contributed by atoms with Gasteiger partial charge in [-0.25, -0.2) is 4.79 Å². The first-order chi connectivity index (χ1) is 12.4. The Labute approximate surface area is 160 Å². The standard InChI is InChI=1S/C17H22N2O5.C2H6.CH4/c1-3-12-11-16(4-2,24-17(22)8-5-6-9-17)14(23-12)19-10-7-13(20)18-15(19)21;1-2;/h2,7,10,12,14,22H,3,5-6,8-9,11H2,1H3,(H,18,20,21);1-2H3;1H4.